The van der Waals surface area contributed by atoms with E-state index in [0.29, 0.717) is 5.02 Å². The van der Waals surface area contributed by atoms with Crippen molar-refractivity contribution in [2.75, 3.05) is 0 Å². The zero-order valence-electron chi connectivity index (χ0n) is 7.82. The van der Waals surface area contributed by atoms with E-state index in [2.05, 4.69) is 6.92 Å². The smallest absolute Gasteiger partial charge is 0.124 e. The Morgan fingerprint density at radius 1 is 1.31 bits per heavy atom. The number of halogens is 2. The highest BCUT2D eigenvalue weighted by atomic mass is 35.5. The summed E-state index contributed by atoms with van der Waals surface area (Å²) < 4.78 is 12.7. The van der Waals surface area contributed by atoms with Gasteiger partial charge in [0.1, 0.15) is 5.82 Å². The summed E-state index contributed by atoms with van der Waals surface area (Å²) >= 11 is 5.87. The standard InChI is InChI=1S/C11H14ClF/c1-2-3-4-5-9-6-7-10(13)8-11(9)12/h6-8H,2-5H2,1H3. The van der Waals surface area contributed by atoms with Gasteiger partial charge in [-0.2, -0.15) is 0 Å². The molecular formula is C11H14ClF. The van der Waals surface area contributed by atoms with Crippen LogP contribution in [0.5, 0.6) is 0 Å². The third kappa shape index (κ3) is 3.35. The lowest BCUT2D eigenvalue weighted by Crippen LogP contribution is -1.87. The maximum absolute atomic E-state index is 12.7. The second kappa shape index (κ2) is 5.23. The molecule has 0 bridgehead atoms. The zero-order chi connectivity index (χ0) is 9.68. The van der Waals surface area contributed by atoms with Crippen LogP contribution >= 0.6 is 11.6 Å². The van der Waals surface area contributed by atoms with Crippen molar-refractivity contribution in [1.82, 2.24) is 0 Å². The van der Waals surface area contributed by atoms with E-state index in [9.17, 15) is 4.39 Å². The summed E-state index contributed by atoms with van der Waals surface area (Å²) in [5, 5.41) is 0.552. The summed E-state index contributed by atoms with van der Waals surface area (Å²) in [7, 11) is 0. The Labute approximate surface area is 83.7 Å². The second-order valence-electron chi connectivity index (χ2n) is 3.19. The van der Waals surface area contributed by atoms with Gasteiger partial charge in [0.05, 0.1) is 0 Å². The van der Waals surface area contributed by atoms with Crippen molar-refractivity contribution < 1.29 is 4.39 Å². The van der Waals surface area contributed by atoms with E-state index >= 15 is 0 Å². The lowest BCUT2D eigenvalue weighted by atomic mass is 10.1. The molecule has 0 saturated heterocycles. The third-order valence-corrected chi connectivity index (χ3v) is 2.42. The average Bonchev–Trinajstić information content (AvgIpc) is 2.09. The van der Waals surface area contributed by atoms with Crippen molar-refractivity contribution in [2.45, 2.75) is 32.6 Å². The lowest BCUT2D eigenvalue weighted by molar-refractivity contribution is 0.626. The first-order chi connectivity index (χ1) is 6.24. The van der Waals surface area contributed by atoms with Crippen LogP contribution in [-0.4, -0.2) is 0 Å². The Hall–Kier alpha value is -0.560. The van der Waals surface area contributed by atoms with E-state index in [0.717, 1.165) is 18.4 Å². The molecule has 0 spiro atoms. The van der Waals surface area contributed by atoms with Crippen LogP contribution < -0.4 is 0 Å². The van der Waals surface area contributed by atoms with Crippen molar-refractivity contribution >= 4 is 11.6 Å². The van der Waals surface area contributed by atoms with E-state index in [1.807, 2.05) is 0 Å². The number of benzene rings is 1. The molecule has 0 aliphatic rings. The predicted molar refractivity (Wildman–Crippen MR) is 54.6 cm³/mol. The van der Waals surface area contributed by atoms with Gasteiger partial charge in [0.25, 0.3) is 0 Å². The Kier molecular flexibility index (Phi) is 4.23. The normalized spacial score (nSPS) is 10.4. The van der Waals surface area contributed by atoms with Gasteiger partial charge < -0.3 is 0 Å². The zero-order valence-corrected chi connectivity index (χ0v) is 8.57. The van der Waals surface area contributed by atoms with Crippen molar-refractivity contribution in [2.24, 2.45) is 0 Å². The van der Waals surface area contributed by atoms with Gasteiger partial charge in [0.2, 0.25) is 0 Å². The quantitative estimate of drug-likeness (QED) is 0.639. The van der Waals surface area contributed by atoms with Crippen LogP contribution in [0.1, 0.15) is 31.7 Å². The molecule has 0 fully saturated rings. The minimum atomic E-state index is -0.260. The summed E-state index contributed by atoms with van der Waals surface area (Å²) in [5.41, 5.74) is 1.05. The Balaban J connectivity index is 2.56. The first kappa shape index (κ1) is 10.5. The fraction of sp³-hybridized carbons (Fsp3) is 0.455. The summed E-state index contributed by atoms with van der Waals surface area (Å²) in [5.74, 6) is -0.260. The fourth-order valence-electron chi connectivity index (χ4n) is 1.29. The highest BCUT2D eigenvalue weighted by Crippen LogP contribution is 2.19. The Morgan fingerprint density at radius 2 is 2.08 bits per heavy atom. The summed E-state index contributed by atoms with van der Waals surface area (Å²) in [6.07, 6.45) is 4.47. The van der Waals surface area contributed by atoms with Crippen molar-refractivity contribution in [3.63, 3.8) is 0 Å². The van der Waals surface area contributed by atoms with Gasteiger partial charge in [0.15, 0.2) is 0 Å². The molecule has 0 radical (unpaired) electrons. The van der Waals surface area contributed by atoms with Crippen molar-refractivity contribution in [1.29, 1.82) is 0 Å². The second-order valence-corrected chi connectivity index (χ2v) is 3.60. The number of aryl methyl sites for hydroxylation is 1. The van der Waals surface area contributed by atoms with Crippen LogP contribution in [0.4, 0.5) is 4.39 Å². The van der Waals surface area contributed by atoms with Gasteiger partial charge in [-0.3, -0.25) is 0 Å². The SMILES string of the molecule is CCCCCc1ccc(F)cc1Cl. The predicted octanol–water partition coefficient (Wildman–Crippen LogP) is 4.21. The molecule has 1 aromatic carbocycles. The Bertz CT molecular complexity index is 271. The molecule has 0 heterocycles. The van der Waals surface area contributed by atoms with E-state index < -0.39 is 0 Å². The highest BCUT2D eigenvalue weighted by molar-refractivity contribution is 6.31. The maximum Gasteiger partial charge on any atom is 0.124 e. The minimum Gasteiger partial charge on any atom is -0.207 e. The van der Waals surface area contributed by atoms with E-state index in [4.69, 9.17) is 11.6 Å². The molecule has 0 aromatic heterocycles. The van der Waals surface area contributed by atoms with Gasteiger partial charge in [0, 0.05) is 5.02 Å². The third-order valence-electron chi connectivity index (χ3n) is 2.06. The molecule has 1 rings (SSSR count). The number of unbranched alkanes of at least 4 members (excludes halogenated alkanes) is 2. The molecule has 0 aliphatic heterocycles. The molecule has 2 heteroatoms. The molecule has 0 aliphatic carbocycles. The van der Waals surface area contributed by atoms with Gasteiger partial charge in [-0.1, -0.05) is 37.4 Å². The molecule has 0 N–H and O–H groups in total. The molecular weight excluding hydrogens is 187 g/mol. The van der Waals surface area contributed by atoms with E-state index in [-0.39, 0.29) is 5.82 Å². The topological polar surface area (TPSA) is 0 Å². The summed E-state index contributed by atoms with van der Waals surface area (Å²) in [4.78, 5) is 0. The number of rotatable bonds is 4. The maximum atomic E-state index is 12.7. The van der Waals surface area contributed by atoms with Crippen LogP contribution in [0.3, 0.4) is 0 Å². The molecule has 0 atom stereocenters. The number of hydrogen-bond donors (Lipinski definition) is 0. The van der Waals surface area contributed by atoms with Crippen LogP contribution in [0.2, 0.25) is 5.02 Å². The van der Waals surface area contributed by atoms with Crippen LogP contribution in [-0.2, 0) is 6.42 Å². The molecule has 1 aromatic rings. The molecule has 13 heavy (non-hydrogen) atoms. The van der Waals surface area contributed by atoms with E-state index in [1.54, 1.807) is 6.07 Å². The van der Waals surface area contributed by atoms with E-state index in [1.165, 1.54) is 25.0 Å². The average molecular weight is 201 g/mol. The molecule has 0 saturated carbocycles. The van der Waals surface area contributed by atoms with Gasteiger partial charge in [-0.25, -0.2) is 4.39 Å². The minimum absolute atomic E-state index is 0.260. The van der Waals surface area contributed by atoms with Crippen molar-refractivity contribution in [3.05, 3.63) is 34.6 Å². The molecule has 0 nitrogen and oxygen atoms in total. The molecule has 72 valence electrons. The number of hydrogen-bond acceptors (Lipinski definition) is 0. The van der Waals surface area contributed by atoms with Gasteiger partial charge in [-0.15, -0.1) is 0 Å². The largest absolute Gasteiger partial charge is 0.207 e. The fourth-order valence-corrected chi connectivity index (χ4v) is 1.55. The van der Waals surface area contributed by atoms with Crippen molar-refractivity contribution in [3.8, 4) is 0 Å². The summed E-state index contributed by atoms with van der Waals surface area (Å²) in [6, 6.07) is 4.61. The first-order valence-corrected chi connectivity index (χ1v) is 5.05. The van der Waals surface area contributed by atoms with Gasteiger partial charge >= 0.3 is 0 Å². The first-order valence-electron chi connectivity index (χ1n) is 4.68. The Morgan fingerprint density at radius 3 is 2.69 bits per heavy atom. The highest BCUT2D eigenvalue weighted by Gasteiger charge is 2.00. The van der Waals surface area contributed by atoms with Crippen LogP contribution in [0.15, 0.2) is 18.2 Å². The van der Waals surface area contributed by atoms with Crippen LogP contribution in [0, 0.1) is 5.82 Å². The van der Waals surface area contributed by atoms with Gasteiger partial charge in [-0.05, 0) is 30.5 Å². The summed E-state index contributed by atoms with van der Waals surface area (Å²) in [6.45, 7) is 2.16. The lowest BCUT2D eigenvalue weighted by Gasteiger charge is -2.03. The van der Waals surface area contributed by atoms with Crippen LogP contribution in [0.25, 0.3) is 0 Å². The monoisotopic (exact) mass is 200 g/mol. The molecule has 0 unspecified atom stereocenters. The molecule has 0 amide bonds.